The number of aryl methyl sites for hydroxylation is 1. The maximum Gasteiger partial charge on any atom is 0.269 e. The van der Waals surface area contributed by atoms with E-state index in [0.29, 0.717) is 5.56 Å². The molecule has 0 atom stereocenters. The van der Waals surface area contributed by atoms with Crippen LogP contribution in [0.15, 0.2) is 48.8 Å². The van der Waals surface area contributed by atoms with Crippen molar-refractivity contribution in [2.24, 2.45) is 0 Å². The number of carbonyl (C=O) groups is 1. The van der Waals surface area contributed by atoms with E-state index in [-0.39, 0.29) is 23.0 Å². The first kappa shape index (κ1) is 18.1. The molecule has 0 saturated heterocycles. The van der Waals surface area contributed by atoms with Gasteiger partial charge in [0, 0.05) is 11.6 Å². The van der Waals surface area contributed by atoms with Crippen LogP contribution in [-0.2, 0) is 0 Å². The van der Waals surface area contributed by atoms with Crippen molar-refractivity contribution in [1.82, 2.24) is 15.4 Å². The van der Waals surface area contributed by atoms with Gasteiger partial charge in [0.25, 0.3) is 5.91 Å². The SMILES string of the molecule is Cc1ccc(C(=O)NNc2ncnc(Nc3cc(F)ccc3F)c2N)cc1. The molecule has 0 saturated carbocycles. The van der Waals surface area contributed by atoms with Gasteiger partial charge in [-0.25, -0.2) is 18.7 Å². The molecule has 27 heavy (non-hydrogen) atoms. The van der Waals surface area contributed by atoms with Gasteiger partial charge in [0.15, 0.2) is 11.6 Å². The molecular formula is C18H16F2N6O. The van der Waals surface area contributed by atoms with E-state index in [1.54, 1.807) is 12.1 Å². The zero-order valence-electron chi connectivity index (χ0n) is 14.3. The van der Waals surface area contributed by atoms with E-state index in [9.17, 15) is 13.6 Å². The molecule has 5 N–H and O–H groups in total. The number of nitrogens with one attached hydrogen (secondary N) is 3. The van der Waals surface area contributed by atoms with Crippen molar-refractivity contribution >= 4 is 28.9 Å². The second kappa shape index (κ2) is 7.65. The van der Waals surface area contributed by atoms with Gasteiger partial charge in [-0.1, -0.05) is 17.7 Å². The maximum atomic E-state index is 13.8. The Kier molecular flexibility index (Phi) is 5.11. The standard InChI is InChI=1S/C18H16F2N6O/c1-10-2-4-11(5-3-10)18(27)26-25-17-15(21)16(22-9-23-17)24-14-8-12(19)6-7-13(14)20/h2-9H,21H2,1H3,(H,26,27)(H2,22,23,24,25). The third-order valence-electron chi connectivity index (χ3n) is 3.67. The van der Waals surface area contributed by atoms with Crippen molar-refractivity contribution in [3.05, 3.63) is 71.6 Å². The Labute approximate surface area is 153 Å². The maximum absolute atomic E-state index is 13.8. The predicted molar refractivity (Wildman–Crippen MR) is 98.4 cm³/mol. The van der Waals surface area contributed by atoms with Crippen molar-refractivity contribution in [1.29, 1.82) is 0 Å². The molecule has 3 rings (SSSR count). The van der Waals surface area contributed by atoms with Crippen LogP contribution in [0.5, 0.6) is 0 Å². The fourth-order valence-electron chi connectivity index (χ4n) is 2.21. The zero-order valence-corrected chi connectivity index (χ0v) is 14.3. The Hall–Kier alpha value is -3.75. The first-order valence-corrected chi connectivity index (χ1v) is 7.89. The van der Waals surface area contributed by atoms with Crippen molar-refractivity contribution in [3.63, 3.8) is 0 Å². The molecule has 0 bridgehead atoms. The molecule has 7 nitrogen and oxygen atoms in total. The Morgan fingerprint density at radius 1 is 1.04 bits per heavy atom. The van der Waals surface area contributed by atoms with E-state index in [4.69, 9.17) is 5.73 Å². The lowest BCUT2D eigenvalue weighted by atomic mass is 10.1. The van der Waals surface area contributed by atoms with E-state index >= 15 is 0 Å². The number of rotatable bonds is 5. The molecule has 2 aromatic carbocycles. The fraction of sp³-hybridized carbons (Fsp3) is 0.0556. The van der Waals surface area contributed by atoms with Crippen LogP contribution >= 0.6 is 0 Å². The molecule has 3 aromatic rings. The van der Waals surface area contributed by atoms with Gasteiger partial charge in [-0.05, 0) is 31.2 Å². The van der Waals surface area contributed by atoms with E-state index in [0.717, 1.165) is 30.1 Å². The second-order valence-electron chi connectivity index (χ2n) is 5.68. The highest BCUT2D eigenvalue weighted by Crippen LogP contribution is 2.27. The molecular weight excluding hydrogens is 354 g/mol. The summed E-state index contributed by atoms with van der Waals surface area (Å²) in [6.45, 7) is 1.91. The quantitative estimate of drug-likeness (QED) is 0.514. The third-order valence-corrected chi connectivity index (χ3v) is 3.67. The normalized spacial score (nSPS) is 10.3. The summed E-state index contributed by atoms with van der Waals surface area (Å²) >= 11 is 0. The highest BCUT2D eigenvalue weighted by Gasteiger charge is 2.12. The first-order valence-electron chi connectivity index (χ1n) is 7.89. The molecule has 1 heterocycles. The number of nitrogens with zero attached hydrogens (tertiary/aromatic N) is 2. The van der Waals surface area contributed by atoms with Crippen LogP contribution in [0.4, 0.5) is 31.8 Å². The summed E-state index contributed by atoms with van der Waals surface area (Å²) in [7, 11) is 0. The lowest BCUT2D eigenvalue weighted by molar-refractivity contribution is 0.0962. The Morgan fingerprint density at radius 3 is 2.48 bits per heavy atom. The van der Waals surface area contributed by atoms with Crippen LogP contribution in [0.2, 0.25) is 0 Å². The number of aromatic nitrogens is 2. The van der Waals surface area contributed by atoms with Crippen LogP contribution < -0.4 is 21.9 Å². The summed E-state index contributed by atoms with van der Waals surface area (Å²) in [5.74, 6) is -1.52. The number of anilines is 4. The Morgan fingerprint density at radius 2 is 1.74 bits per heavy atom. The van der Waals surface area contributed by atoms with Crippen LogP contribution in [0, 0.1) is 18.6 Å². The molecule has 9 heteroatoms. The predicted octanol–water partition coefficient (Wildman–Crippen LogP) is 3.15. The summed E-state index contributed by atoms with van der Waals surface area (Å²) in [6, 6.07) is 9.93. The van der Waals surface area contributed by atoms with Gasteiger partial charge in [0.2, 0.25) is 0 Å². The van der Waals surface area contributed by atoms with Gasteiger partial charge < -0.3 is 11.1 Å². The fourth-order valence-corrected chi connectivity index (χ4v) is 2.21. The van der Waals surface area contributed by atoms with Crippen LogP contribution in [0.1, 0.15) is 15.9 Å². The summed E-state index contributed by atoms with van der Waals surface area (Å²) in [4.78, 5) is 20.0. The van der Waals surface area contributed by atoms with Gasteiger partial charge in [-0.2, -0.15) is 0 Å². The topological polar surface area (TPSA) is 105 Å². The number of carbonyl (C=O) groups excluding carboxylic acids is 1. The van der Waals surface area contributed by atoms with E-state index in [1.807, 2.05) is 19.1 Å². The molecule has 0 radical (unpaired) electrons. The molecule has 138 valence electrons. The largest absolute Gasteiger partial charge is 0.393 e. The van der Waals surface area contributed by atoms with Crippen LogP contribution in [0.25, 0.3) is 0 Å². The van der Waals surface area contributed by atoms with Gasteiger partial charge in [-0.3, -0.25) is 15.6 Å². The van der Waals surface area contributed by atoms with E-state index in [1.165, 1.54) is 0 Å². The Balaban J connectivity index is 1.74. The molecule has 0 fully saturated rings. The van der Waals surface area contributed by atoms with Crippen molar-refractivity contribution in [3.8, 4) is 0 Å². The van der Waals surface area contributed by atoms with Crippen molar-refractivity contribution in [2.75, 3.05) is 16.5 Å². The lowest BCUT2D eigenvalue weighted by Crippen LogP contribution is -2.30. The number of hydrazine groups is 1. The molecule has 0 unspecified atom stereocenters. The van der Waals surface area contributed by atoms with E-state index in [2.05, 4.69) is 26.1 Å². The van der Waals surface area contributed by atoms with Crippen LogP contribution in [0.3, 0.4) is 0 Å². The number of amides is 1. The average Bonchev–Trinajstić information content (AvgIpc) is 2.65. The lowest BCUT2D eigenvalue weighted by Gasteiger charge is -2.13. The number of hydrogen-bond acceptors (Lipinski definition) is 6. The number of hydrogen-bond donors (Lipinski definition) is 4. The highest BCUT2D eigenvalue weighted by molar-refractivity contribution is 5.95. The first-order chi connectivity index (χ1) is 12.9. The molecule has 0 aliphatic heterocycles. The molecule has 0 aliphatic carbocycles. The molecule has 1 aromatic heterocycles. The molecule has 0 spiro atoms. The number of halogens is 2. The smallest absolute Gasteiger partial charge is 0.269 e. The second-order valence-corrected chi connectivity index (χ2v) is 5.68. The number of nitrogens with two attached hydrogens (primary N) is 1. The number of nitrogen functional groups attached to an aromatic ring is 1. The van der Waals surface area contributed by atoms with Gasteiger partial charge >= 0.3 is 0 Å². The van der Waals surface area contributed by atoms with E-state index < -0.39 is 17.5 Å². The highest BCUT2D eigenvalue weighted by atomic mass is 19.1. The monoisotopic (exact) mass is 370 g/mol. The van der Waals surface area contributed by atoms with Gasteiger partial charge in [-0.15, -0.1) is 0 Å². The summed E-state index contributed by atoms with van der Waals surface area (Å²) < 4.78 is 27.1. The summed E-state index contributed by atoms with van der Waals surface area (Å²) in [5.41, 5.74) is 12.4. The zero-order chi connectivity index (χ0) is 19.4. The average molecular weight is 370 g/mol. The number of benzene rings is 2. The van der Waals surface area contributed by atoms with Crippen LogP contribution in [-0.4, -0.2) is 15.9 Å². The molecule has 1 amide bonds. The van der Waals surface area contributed by atoms with Crippen molar-refractivity contribution in [2.45, 2.75) is 6.92 Å². The summed E-state index contributed by atoms with van der Waals surface area (Å²) in [6.07, 6.45) is 1.16. The van der Waals surface area contributed by atoms with Gasteiger partial charge in [0.05, 0.1) is 5.69 Å². The molecule has 0 aliphatic rings. The minimum atomic E-state index is -0.670. The Bertz CT molecular complexity index is 978. The minimum Gasteiger partial charge on any atom is -0.393 e. The van der Waals surface area contributed by atoms with Crippen molar-refractivity contribution < 1.29 is 13.6 Å². The summed E-state index contributed by atoms with van der Waals surface area (Å²) in [5, 5.41) is 2.60. The third kappa shape index (κ3) is 4.27. The minimum absolute atomic E-state index is 0.0189. The van der Waals surface area contributed by atoms with Gasteiger partial charge in [0.1, 0.15) is 23.6 Å².